The molecule has 9 N–H and O–H groups in total. The number of nitrogens with one attached hydrogen (secondary N) is 3. The number of aliphatic hydroxyl groups excluding tert-OH is 6. The molecule has 0 spiro atoms. The summed E-state index contributed by atoms with van der Waals surface area (Å²) in [5, 5.41) is 67.4. The zero-order chi connectivity index (χ0) is 34.6. The summed E-state index contributed by atoms with van der Waals surface area (Å²) < 4.78 is 44.0. The molecule has 2 rings (SSSR count). The number of aliphatic hydroxyl groups is 6. The van der Waals surface area contributed by atoms with Crippen molar-refractivity contribution in [2.75, 3.05) is 92.4 Å². The summed E-state index contributed by atoms with van der Waals surface area (Å²) in [5.74, 6) is -0.866. The van der Waals surface area contributed by atoms with Crippen LogP contribution in [-0.2, 0) is 47.5 Å². The molecule has 47 heavy (non-hydrogen) atoms. The van der Waals surface area contributed by atoms with Crippen molar-refractivity contribution in [3.05, 3.63) is 0 Å². The molecule has 0 aromatic carbocycles. The van der Waals surface area contributed by atoms with Gasteiger partial charge in [0.25, 0.3) is 0 Å². The highest BCUT2D eigenvalue weighted by molar-refractivity contribution is 5.73. The molecule has 276 valence electrons. The molecule has 0 radical (unpaired) electrons. The molecule has 10 atom stereocenters. The minimum absolute atomic E-state index is 0.0838. The van der Waals surface area contributed by atoms with Crippen LogP contribution in [0.2, 0.25) is 0 Å². The zero-order valence-electron chi connectivity index (χ0n) is 26.9. The van der Waals surface area contributed by atoms with Gasteiger partial charge < -0.3 is 84.5 Å². The predicted molar refractivity (Wildman–Crippen MR) is 159 cm³/mol. The van der Waals surface area contributed by atoms with E-state index in [1.807, 2.05) is 0 Å². The molecule has 0 aromatic rings. The van der Waals surface area contributed by atoms with E-state index in [1.54, 1.807) is 0 Å². The zero-order valence-corrected chi connectivity index (χ0v) is 26.9. The maximum atomic E-state index is 11.4. The highest BCUT2D eigenvalue weighted by atomic mass is 16.7. The summed E-state index contributed by atoms with van der Waals surface area (Å²) in [6, 6.07) is -2.01. The Morgan fingerprint density at radius 1 is 0.553 bits per heavy atom. The standard InChI is InChI=1S/C28H53N3O16/c1-17(34)30-21-25(38)23(36)19(15-32)46-27(21)44-13-11-42-9-7-40-5-3-29-4-6-41-8-10-43-12-14-45-28-22(31-18(2)35)26(39)24(37)20(16-33)47-28/h19-29,32-33,36-39H,3-16H2,1-2H3,(H,30,34)(H,31,35). The third-order valence-corrected chi connectivity index (χ3v) is 7.11. The molecule has 2 amide bonds. The van der Waals surface area contributed by atoms with E-state index >= 15 is 0 Å². The van der Waals surface area contributed by atoms with E-state index in [0.717, 1.165) is 0 Å². The van der Waals surface area contributed by atoms with Crippen LogP contribution in [0.3, 0.4) is 0 Å². The first-order valence-corrected chi connectivity index (χ1v) is 15.6. The van der Waals surface area contributed by atoms with Crippen molar-refractivity contribution in [3.63, 3.8) is 0 Å². The minimum Gasteiger partial charge on any atom is -0.394 e. The smallest absolute Gasteiger partial charge is 0.217 e. The van der Waals surface area contributed by atoms with E-state index in [4.69, 9.17) is 37.9 Å². The second-order valence-electron chi connectivity index (χ2n) is 10.8. The van der Waals surface area contributed by atoms with Crippen LogP contribution < -0.4 is 16.0 Å². The number of hydrogen-bond acceptors (Lipinski definition) is 17. The molecule has 0 saturated carbocycles. The normalized spacial score (nSPS) is 31.1. The molecule has 19 nitrogen and oxygen atoms in total. The van der Waals surface area contributed by atoms with Gasteiger partial charge in [-0.15, -0.1) is 0 Å². The summed E-state index contributed by atoms with van der Waals surface area (Å²) in [7, 11) is 0. The Bertz CT molecular complexity index is 797. The quantitative estimate of drug-likeness (QED) is 0.0429. The largest absolute Gasteiger partial charge is 0.394 e. The lowest BCUT2D eigenvalue weighted by atomic mass is 9.97. The Morgan fingerprint density at radius 2 is 0.894 bits per heavy atom. The number of ether oxygens (including phenoxy) is 8. The molecule has 2 aliphatic heterocycles. The number of rotatable bonds is 24. The highest BCUT2D eigenvalue weighted by Gasteiger charge is 2.46. The summed E-state index contributed by atoms with van der Waals surface area (Å²) in [6.07, 6.45) is -9.73. The molecular weight excluding hydrogens is 634 g/mol. The van der Waals surface area contributed by atoms with E-state index in [0.29, 0.717) is 52.7 Å². The van der Waals surface area contributed by atoms with Crippen LogP contribution in [0, 0.1) is 0 Å². The number of carbonyl (C=O) groups is 2. The van der Waals surface area contributed by atoms with Crippen molar-refractivity contribution in [2.24, 2.45) is 0 Å². The second kappa shape index (κ2) is 23.7. The monoisotopic (exact) mass is 687 g/mol. The number of carbonyl (C=O) groups excluding carboxylic acids is 2. The summed E-state index contributed by atoms with van der Waals surface area (Å²) in [5.41, 5.74) is 0. The Kier molecular flexibility index (Phi) is 20.9. The van der Waals surface area contributed by atoms with E-state index in [1.165, 1.54) is 13.8 Å². The van der Waals surface area contributed by atoms with Crippen LogP contribution in [0.4, 0.5) is 0 Å². The van der Waals surface area contributed by atoms with Crippen molar-refractivity contribution >= 4 is 11.8 Å². The lowest BCUT2D eigenvalue weighted by Crippen LogP contribution is -2.64. The van der Waals surface area contributed by atoms with Crippen molar-refractivity contribution in [1.29, 1.82) is 0 Å². The van der Waals surface area contributed by atoms with Gasteiger partial charge in [0.05, 0.1) is 79.3 Å². The van der Waals surface area contributed by atoms with Crippen LogP contribution in [0.15, 0.2) is 0 Å². The van der Waals surface area contributed by atoms with Crippen molar-refractivity contribution in [3.8, 4) is 0 Å². The molecule has 2 aliphatic rings. The van der Waals surface area contributed by atoms with Crippen molar-refractivity contribution in [1.82, 2.24) is 16.0 Å². The van der Waals surface area contributed by atoms with Gasteiger partial charge in [-0.1, -0.05) is 0 Å². The first-order chi connectivity index (χ1) is 22.6. The first kappa shape index (κ1) is 41.5. The van der Waals surface area contributed by atoms with Gasteiger partial charge in [-0.2, -0.15) is 0 Å². The van der Waals surface area contributed by atoms with Crippen LogP contribution >= 0.6 is 0 Å². The van der Waals surface area contributed by atoms with Gasteiger partial charge in [-0.25, -0.2) is 0 Å². The maximum absolute atomic E-state index is 11.4. The average Bonchev–Trinajstić information content (AvgIpc) is 3.04. The SMILES string of the molecule is CC(=O)NC1C(OCCOCCOCCNCCOCCOCCOC2OC(CO)C(O)C(O)C2NC(C)=O)OC(CO)C(O)C1O. The van der Waals surface area contributed by atoms with E-state index in [9.17, 15) is 40.2 Å². The fourth-order valence-electron chi connectivity index (χ4n) is 4.73. The van der Waals surface area contributed by atoms with Crippen LogP contribution in [0.1, 0.15) is 13.8 Å². The molecular formula is C28H53N3O16. The van der Waals surface area contributed by atoms with Gasteiger partial charge in [-0.3, -0.25) is 9.59 Å². The van der Waals surface area contributed by atoms with Crippen molar-refractivity contribution < 1.29 is 78.1 Å². The van der Waals surface area contributed by atoms with E-state index in [-0.39, 0.29) is 26.4 Å². The summed E-state index contributed by atoms with van der Waals surface area (Å²) in [4.78, 5) is 22.9. The van der Waals surface area contributed by atoms with Gasteiger partial charge in [0, 0.05) is 26.9 Å². The Hall–Kier alpha value is -1.66. The maximum Gasteiger partial charge on any atom is 0.217 e. The number of amides is 2. The Morgan fingerprint density at radius 3 is 1.23 bits per heavy atom. The van der Waals surface area contributed by atoms with Gasteiger partial charge in [0.15, 0.2) is 12.6 Å². The van der Waals surface area contributed by atoms with E-state index in [2.05, 4.69) is 16.0 Å². The summed E-state index contributed by atoms with van der Waals surface area (Å²) >= 11 is 0. The lowest BCUT2D eigenvalue weighted by Gasteiger charge is -2.42. The Balaban J connectivity index is 1.40. The van der Waals surface area contributed by atoms with E-state index < -0.39 is 86.3 Å². The minimum atomic E-state index is -1.38. The van der Waals surface area contributed by atoms with Gasteiger partial charge in [0.1, 0.15) is 48.7 Å². The molecule has 0 aromatic heterocycles. The van der Waals surface area contributed by atoms with Crippen molar-refractivity contribution in [2.45, 2.75) is 75.1 Å². The van der Waals surface area contributed by atoms with Gasteiger partial charge in [0.2, 0.25) is 11.8 Å². The fraction of sp³-hybridized carbons (Fsp3) is 0.929. The Labute approximate surface area is 273 Å². The first-order valence-electron chi connectivity index (χ1n) is 15.6. The summed E-state index contributed by atoms with van der Waals surface area (Å²) in [6.45, 7) is 5.52. The third-order valence-electron chi connectivity index (χ3n) is 7.11. The molecule has 2 heterocycles. The van der Waals surface area contributed by atoms with Gasteiger partial charge >= 0.3 is 0 Å². The van der Waals surface area contributed by atoms with Crippen LogP contribution in [0.25, 0.3) is 0 Å². The number of hydrogen-bond donors (Lipinski definition) is 9. The molecule has 0 aliphatic carbocycles. The third kappa shape index (κ3) is 15.2. The fourth-order valence-corrected chi connectivity index (χ4v) is 4.73. The highest BCUT2D eigenvalue weighted by Crippen LogP contribution is 2.23. The molecule has 2 fully saturated rings. The lowest BCUT2D eigenvalue weighted by molar-refractivity contribution is -0.272. The molecule has 0 bridgehead atoms. The van der Waals surface area contributed by atoms with Crippen LogP contribution in [-0.4, -0.2) is 196 Å². The molecule has 10 unspecified atom stereocenters. The second-order valence-corrected chi connectivity index (χ2v) is 10.8. The average molecular weight is 688 g/mol. The predicted octanol–water partition coefficient (Wildman–Crippen LogP) is -5.44. The molecule has 19 heteroatoms. The van der Waals surface area contributed by atoms with Crippen LogP contribution in [0.5, 0.6) is 0 Å². The van der Waals surface area contributed by atoms with Gasteiger partial charge in [-0.05, 0) is 0 Å². The molecule has 2 saturated heterocycles. The topological polar surface area (TPSA) is 265 Å².